The van der Waals surface area contributed by atoms with Crippen LogP contribution in [0.4, 0.5) is 10.5 Å². The minimum absolute atomic E-state index is 0.117. The average Bonchev–Trinajstić information content (AvgIpc) is 2.85. The number of amides is 1. The third-order valence-electron chi connectivity index (χ3n) is 4.37. The number of ether oxygens (including phenoxy) is 3. The SMILES string of the molecule is CCOc1cc(/C=N/NC(=O)OCc2ccccc2)ccc1OC(=O)c1ccc([N+](=O)[O-])cc1. The van der Waals surface area contributed by atoms with Crippen LogP contribution in [0.1, 0.15) is 28.4 Å². The molecule has 0 spiro atoms. The molecule has 0 bridgehead atoms. The summed E-state index contributed by atoms with van der Waals surface area (Å²) in [6.07, 6.45) is 0.674. The van der Waals surface area contributed by atoms with Gasteiger partial charge in [-0.3, -0.25) is 10.1 Å². The molecule has 34 heavy (non-hydrogen) atoms. The Hall–Kier alpha value is -4.73. The Morgan fingerprint density at radius 2 is 1.76 bits per heavy atom. The molecule has 10 heteroatoms. The standard InChI is InChI=1S/C24H21N3O7/c1-2-32-22-14-18(15-25-26-24(29)33-16-17-6-4-3-5-7-17)8-13-21(22)34-23(28)19-9-11-20(12-10-19)27(30)31/h3-15H,2,16H2,1H3,(H,26,29)/b25-15+. The molecule has 0 heterocycles. The van der Waals surface area contributed by atoms with Crippen LogP contribution in [0.25, 0.3) is 0 Å². The van der Waals surface area contributed by atoms with Crippen molar-refractivity contribution in [3.8, 4) is 11.5 Å². The van der Waals surface area contributed by atoms with Crippen molar-refractivity contribution in [1.82, 2.24) is 5.43 Å². The summed E-state index contributed by atoms with van der Waals surface area (Å²) in [5, 5.41) is 14.6. The zero-order valence-electron chi connectivity index (χ0n) is 18.2. The van der Waals surface area contributed by atoms with Gasteiger partial charge in [-0.1, -0.05) is 30.3 Å². The van der Waals surface area contributed by atoms with E-state index < -0.39 is 17.0 Å². The van der Waals surface area contributed by atoms with Gasteiger partial charge < -0.3 is 14.2 Å². The molecule has 0 saturated carbocycles. The largest absolute Gasteiger partial charge is 0.490 e. The Morgan fingerprint density at radius 1 is 1.03 bits per heavy atom. The smallest absolute Gasteiger partial charge is 0.428 e. The van der Waals surface area contributed by atoms with E-state index in [4.69, 9.17) is 14.2 Å². The third kappa shape index (κ3) is 6.89. The second kappa shape index (κ2) is 11.8. The molecule has 1 amide bonds. The van der Waals surface area contributed by atoms with Crippen molar-refractivity contribution >= 4 is 24.0 Å². The van der Waals surface area contributed by atoms with E-state index in [1.807, 2.05) is 30.3 Å². The van der Waals surface area contributed by atoms with E-state index in [0.717, 1.165) is 5.56 Å². The number of benzene rings is 3. The highest BCUT2D eigenvalue weighted by atomic mass is 16.6. The molecule has 0 aromatic heterocycles. The minimum Gasteiger partial charge on any atom is -0.490 e. The molecule has 0 aliphatic heterocycles. The first-order valence-electron chi connectivity index (χ1n) is 10.2. The van der Waals surface area contributed by atoms with Gasteiger partial charge in [0.15, 0.2) is 11.5 Å². The van der Waals surface area contributed by atoms with Crippen LogP contribution in [0.15, 0.2) is 77.9 Å². The molecule has 0 radical (unpaired) electrons. The fourth-order valence-electron chi connectivity index (χ4n) is 2.75. The summed E-state index contributed by atoms with van der Waals surface area (Å²) in [7, 11) is 0. The predicted octanol–water partition coefficient (Wildman–Crippen LogP) is 4.47. The summed E-state index contributed by atoms with van der Waals surface area (Å²) in [6, 6.07) is 19.0. The van der Waals surface area contributed by atoms with E-state index in [-0.39, 0.29) is 29.4 Å². The molecule has 0 aliphatic carbocycles. The number of esters is 1. The van der Waals surface area contributed by atoms with Crippen molar-refractivity contribution in [2.45, 2.75) is 13.5 Å². The van der Waals surface area contributed by atoms with E-state index >= 15 is 0 Å². The van der Waals surface area contributed by atoms with Crippen molar-refractivity contribution in [2.24, 2.45) is 5.10 Å². The molecule has 174 valence electrons. The highest BCUT2D eigenvalue weighted by Gasteiger charge is 2.15. The highest BCUT2D eigenvalue weighted by molar-refractivity contribution is 5.92. The molecule has 0 fully saturated rings. The fourth-order valence-corrected chi connectivity index (χ4v) is 2.75. The summed E-state index contributed by atoms with van der Waals surface area (Å²) in [5.41, 5.74) is 3.71. The second-order valence-corrected chi connectivity index (χ2v) is 6.76. The van der Waals surface area contributed by atoms with Crippen LogP contribution in [0.2, 0.25) is 0 Å². The first-order chi connectivity index (χ1) is 16.5. The molecule has 3 rings (SSSR count). The van der Waals surface area contributed by atoms with E-state index in [1.165, 1.54) is 36.5 Å². The number of hydrogen-bond acceptors (Lipinski definition) is 8. The van der Waals surface area contributed by atoms with Gasteiger partial charge in [0.1, 0.15) is 6.61 Å². The Morgan fingerprint density at radius 3 is 2.44 bits per heavy atom. The van der Waals surface area contributed by atoms with Crippen molar-refractivity contribution in [2.75, 3.05) is 6.61 Å². The zero-order chi connectivity index (χ0) is 24.3. The lowest BCUT2D eigenvalue weighted by Gasteiger charge is -2.11. The molecule has 10 nitrogen and oxygen atoms in total. The topological polar surface area (TPSA) is 129 Å². The maximum atomic E-state index is 12.4. The van der Waals surface area contributed by atoms with Gasteiger partial charge in [0.05, 0.1) is 23.3 Å². The van der Waals surface area contributed by atoms with Gasteiger partial charge in [0.2, 0.25) is 0 Å². The second-order valence-electron chi connectivity index (χ2n) is 6.76. The Bertz CT molecular complexity index is 1180. The molecular formula is C24H21N3O7. The number of hydrogen-bond donors (Lipinski definition) is 1. The van der Waals surface area contributed by atoms with Crippen molar-refractivity contribution in [3.63, 3.8) is 0 Å². The maximum Gasteiger partial charge on any atom is 0.428 e. The number of rotatable bonds is 9. The van der Waals surface area contributed by atoms with Crippen LogP contribution >= 0.6 is 0 Å². The lowest BCUT2D eigenvalue weighted by atomic mass is 10.2. The molecule has 0 unspecified atom stereocenters. The van der Waals surface area contributed by atoms with Gasteiger partial charge in [0, 0.05) is 12.1 Å². The van der Waals surface area contributed by atoms with Gasteiger partial charge in [-0.25, -0.2) is 15.0 Å². The van der Waals surface area contributed by atoms with Crippen molar-refractivity contribution in [1.29, 1.82) is 0 Å². The number of nitro groups is 1. The van der Waals surface area contributed by atoms with Gasteiger partial charge in [-0.2, -0.15) is 5.10 Å². The van der Waals surface area contributed by atoms with E-state index in [9.17, 15) is 19.7 Å². The number of carbonyl (C=O) groups is 2. The normalized spacial score (nSPS) is 10.5. The first kappa shape index (κ1) is 23.9. The monoisotopic (exact) mass is 463 g/mol. The number of carbonyl (C=O) groups excluding carboxylic acids is 2. The number of nitro benzene ring substituents is 1. The quantitative estimate of drug-likeness (QED) is 0.163. The van der Waals surface area contributed by atoms with Gasteiger partial charge in [0.25, 0.3) is 5.69 Å². The van der Waals surface area contributed by atoms with Crippen molar-refractivity contribution < 1.29 is 28.7 Å². The summed E-state index contributed by atoms with van der Waals surface area (Å²) >= 11 is 0. The third-order valence-corrected chi connectivity index (χ3v) is 4.37. The summed E-state index contributed by atoms with van der Waals surface area (Å²) in [4.78, 5) is 34.4. The van der Waals surface area contributed by atoms with Crippen molar-refractivity contribution in [3.05, 3.63) is 99.6 Å². The Labute approximate surface area is 194 Å². The molecule has 3 aromatic rings. The fraction of sp³-hybridized carbons (Fsp3) is 0.125. The van der Waals surface area contributed by atoms with E-state index in [1.54, 1.807) is 19.1 Å². The lowest BCUT2D eigenvalue weighted by Crippen LogP contribution is -2.18. The van der Waals surface area contributed by atoms with Crippen LogP contribution in [0.3, 0.4) is 0 Å². The Kier molecular flexibility index (Phi) is 8.28. The summed E-state index contributed by atoms with van der Waals surface area (Å²) < 4.78 is 16.0. The van der Waals surface area contributed by atoms with Gasteiger partial charge in [-0.05, 0) is 48.4 Å². The number of nitrogens with zero attached hydrogens (tertiary/aromatic N) is 2. The van der Waals surface area contributed by atoms with Crippen LogP contribution in [-0.4, -0.2) is 29.8 Å². The molecular weight excluding hydrogens is 442 g/mol. The van der Waals surface area contributed by atoms with Crippen LogP contribution in [-0.2, 0) is 11.3 Å². The maximum absolute atomic E-state index is 12.4. The number of hydrazone groups is 1. The van der Waals surface area contributed by atoms with Gasteiger partial charge >= 0.3 is 12.1 Å². The Balaban J connectivity index is 1.61. The van der Waals surface area contributed by atoms with E-state index in [2.05, 4.69) is 10.5 Å². The van der Waals surface area contributed by atoms with Crippen LogP contribution in [0, 0.1) is 10.1 Å². The predicted molar refractivity (Wildman–Crippen MR) is 123 cm³/mol. The zero-order valence-corrected chi connectivity index (χ0v) is 18.2. The number of nitrogens with one attached hydrogen (secondary N) is 1. The minimum atomic E-state index is -0.709. The average molecular weight is 463 g/mol. The molecule has 1 N–H and O–H groups in total. The van der Waals surface area contributed by atoms with Crippen LogP contribution < -0.4 is 14.9 Å². The summed E-state index contributed by atoms with van der Waals surface area (Å²) in [6.45, 7) is 2.20. The van der Waals surface area contributed by atoms with Crippen LogP contribution in [0.5, 0.6) is 11.5 Å². The number of non-ortho nitro benzene ring substituents is 1. The molecule has 3 aromatic carbocycles. The highest BCUT2D eigenvalue weighted by Crippen LogP contribution is 2.29. The first-order valence-corrected chi connectivity index (χ1v) is 10.2. The molecule has 0 aliphatic rings. The van der Waals surface area contributed by atoms with Gasteiger partial charge in [-0.15, -0.1) is 0 Å². The van der Waals surface area contributed by atoms with E-state index in [0.29, 0.717) is 12.2 Å². The molecule has 0 saturated heterocycles. The lowest BCUT2D eigenvalue weighted by molar-refractivity contribution is -0.384. The summed E-state index contributed by atoms with van der Waals surface area (Å²) in [5.74, 6) is -0.244. The molecule has 0 atom stereocenters.